The second-order valence-corrected chi connectivity index (χ2v) is 5.86. The third-order valence-electron chi connectivity index (χ3n) is 4.45. The number of benzene rings is 2. The summed E-state index contributed by atoms with van der Waals surface area (Å²) in [5.74, 6) is 0. The van der Waals surface area contributed by atoms with Crippen LogP contribution in [0.4, 0.5) is 5.69 Å². The molecule has 2 nitrogen and oxygen atoms in total. The molecule has 1 heterocycles. The molecule has 1 aliphatic heterocycles. The average Bonchev–Trinajstić information content (AvgIpc) is 2.56. The van der Waals surface area contributed by atoms with Gasteiger partial charge in [0.2, 0.25) is 0 Å². The van der Waals surface area contributed by atoms with Gasteiger partial charge in [0.15, 0.2) is 0 Å². The largest absolute Gasteiger partial charge is 0.365 e. The van der Waals surface area contributed by atoms with Crippen molar-refractivity contribution in [2.45, 2.75) is 32.4 Å². The number of para-hydroxylation sites is 1. The average molecular weight is 280 g/mol. The van der Waals surface area contributed by atoms with E-state index >= 15 is 0 Å². The molecule has 0 radical (unpaired) electrons. The fourth-order valence-electron chi connectivity index (χ4n) is 3.20. The number of anilines is 1. The van der Waals surface area contributed by atoms with Crippen LogP contribution < -0.4 is 10.2 Å². The number of hydrogen-bond donors (Lipinski definition) is 1. The summed E-state index contributed by atoms with van der Waals surface area (Å²) < 4.78 is 0. The van der Waals surface area contributed by atoms with Crippen LogP contribution in [0, 0.1) is 0 Å². The van der Waals surface area contributed by atoms with Gasteiger partial charge in [-0.15, -0.1) is 0 Å². The molecule has 110 valence electrons. The Kier molecular flexibility index (Phi) is 4.26. The number of rotatable bonds is 3. The van der Waals surface area contributed by atoms with Crippen LogP contribution in [0.15, 0.2) is 54.6 Å². The van der Waals surface area contributed by atoms with Gasteiger partial charge in [-0.25, -0.2) is 0 Å². The van der Waals surface area contributed by atoms with Crippen molar-refractivity contribution >= 4 is 5.69 Å². The summed E-state index contributed by atoms with van der Waals surface area (Å²) in [6.07, 6.45) is 1.09. The van der Waals surface area contributed by atoms with E-state index in [0.717, 1.165) is 19.5 Å². The van der Waals surface area contributed by atoms with Gasteiger partial charge in [-0.1, -0.05) is 55.5 Å². The Hall–Kier alpha value is -1.80. The van der Waals surface area contributed by atoms with Gasteiger partial charge in [0, 0.05) is 30.9 Å². The second-order valence-electron chi connectivity index (χ2n) is 5.86. The molecule has 0 spiro atoms. The van der Waals surface area contributed by atoms with Gasteiger partial charge in [-0.05, 0) is 30.5 Å². The first-order valence-corrected chi connectivity index (χ1v) is 7.92. The van der Waals surface area contributed by atoms with Crippen LogP contribution in [0.25, 0.3) is 0 Å². The number of nitrogens with one attached hydrogen (secondary N) is 1. The van der Waals surface area contributed by atoms with E-state index in [1.807, 2.05) is 0 Å². The lowest BCUT2D eigenvalue weighted by atomic mass is 10.00. The minimum absolute atomic E-state index is 0.410. The van der Waals surface area contributed by atoms with Crippen LogP contribution in [-0.4, -0.2) is 19.1 Å². The van der Waals surface area contributed by atoms with Gasteiger partial charge in [-0.3, -0.25) is 0 Å². The Morgan fingerprint density at radius 3 is 2.52 bits per heavy atom. The molecule has 21 heavy (non-hydrogen) atoms. The summed E-state index contributed by atoms with van der Waals surface area (Å²) in [6.45, 7) is 6.60. The molecule has 0 saturated carbocycles. The standard InChI is InChI=1S/C19H24N2/c1-3-16-9-7-8-12-19(16)21-14-18(20-13-15(21)2)17-10-5-4-6-11-17/h4-12,15,18,20H,3,13-14H2,1-2H3. The molecule has 0 amide bonds. The molecule has 0 aromatic heterocycles. The van der Waals surface area contributed by atoms with Gasteiger partial charge in [-0.2, -0.15) is 0 Å². The number of hydrogen-bond acceptors (Lipinski definition) is 2. The topological polar surface area (TPSA) is 15.3 Å². The van der Waals surface area contributed by atoms with Crippen molar-refractivity contribution in [2.75, 3.05) is 18.0 Å². The Balaban J connectivity index is 1.87. The summed E-state index contributed by atoms with van der Waals surface area (Å²) in [5.41, 5.74) is 4.22. The van der Waals surface area contributed by atoms with Crippen LogP contribution in [0.1, 0.15) is 31.0 Å². The van der Waals surface area contributed by atoms with Gasteiger partial charge >= 0.3 is 0 Å². The summed E-state index contributed by atoms with van der Waals surface area (Å²) in [4.78, 5) is 2.56. The van der Waals surface area contributed by atoms with E-state index in [-0.39, 0.29) is 0 Å². The van der Waals surface area contributed by atoms with Gasteiger partial charge in [0.25, 0.3) is 0 Å². The van der Waals surface area contributed by atoms with Gasteiger partial charge in [0.05, 0.1) is 0 Å². The SMILES string of the molecule is CCc1ccccc1N1CC(c2ccccc2)NCC1C. The first-order chi connectivity index (χ1) is 10.3. The molecule has 1 saturated heterocycles. The zero-order valence-corrected chi connectivity index (χ0v) is 12.9. The monoisotopic (exact) mass is 280 g/mol. The van der Waals surface area contributed by atoms with Crippen LogP contribution in [-0.2, 0) is 6.42 Å². The highest BCUT2D eigenvalue weighted by Crippen LogP contribution is 2.28. The first kappa shape index (κ1) is 14.2. The smallest absolute Gasteiger partial charge is 0.0499 e. The maximum absolute atomic E-state index is 3.68. The van der Waals surface area contributed by atoms with E-state index in [4.69, 9.17) is 0 Å². The predicted octanol–water partition coefficient (Wildman–Crippen LogP) is 3.79. The van der Waals surface area contributed by atoms with Crippen molar-refractivity contribution in [2.24, 2.45) is 0 Å². The lowest BCUT2D eigenvalue weighted by Gasteiger charge is -2.41. The minimum atomic E-state index is 0.410. The Morgan fingerprint density at radius 2 is 1.76 bits per heavy atom. The van der Waals surface area contributed by atoms with E-state index in [1.165, 1.54) is 16.8 Å². The van der Waals surface area contributed by atoms with E-state index in [0.29, 0.717) is 12.1 Å². The number of aryl methyl sites for hydroxylation is 1. The highest BCUT2D eigenvalue weighted by Gasteiger charge is 2.26. The van der Waals surface area contributed by atoms with Crippen LogP contribution >= 0.6 is 0 Å². The summed E-state index contributed by atoms with van der Waals surface area (Å²) in [7, 11) is 0. The normalized spacial score (nSPS) is 22.3. The predicted molar refractivity (Wildman–Crippen MR) is 89.8 cm³/mol. The summed E-state index contributed by atoms with van der Waals surface area (Å²) in [5, 5.41) is 3.68. The number of nitrogens with zero attached hydrogens (tertiary/aromatic N) is 1. The van der Waals surface area contributed by atoms with Crippen LogP contribution in [0.5, 0.6) is 0 Å². The first-order valence-electron chi connectivity index (χ1n) is 7.92. The molecule has 0 bridgehead atoms. The lowest BCUT2D eigenvalue weighted by molar-refractivity contribution is 0.414. The highest BCUT2D eigenvalue weighted by atomic mass is 15.2. The van der Waals surface area contributed by atoms with Crippen molar-refractivity contribution in [3.63, 3.8) is 0 Å². The van der Waals surface area contributed by atoms with Crippen LogP contribution in [0.3, 0.4) is 0 Å². The van der Waals surface area contributed by atoms with Crippen LogP contribution in [0.2, 0.25) is 0 Å². The van der Waals surface area contributed by atoms with E-state index in [2.05, 4.69) is 78.7 Å². The zero-order chi connectivity index (χ0) is 14.7. The molecule has 3 rings (SSSR count). The van der Waals surface area contributed by atoms with Crippen molar-refractivity contribution in [3.8, 4) is 0 Å². The van der Waals surface area contributed by atoms with E-state index in [9.17, 15) is 0 Å². The lowest BCUT2D eigenvalue weighted by Crippen LogP contribution is -2.51. The molecule has 2 unspecified atom stereocenters. The minimum Gasteiger partial charge on any atom is -0.365 e. The highest BCUT2D eigenvalue weighted by molar-refractivity contribution is 5.55. The Morgan fingerprint density at radius 1 is 1.05 bits per heavy atom. The molecular weight excluding hydrogens is 256 g/mol. The number of piperazine rings is 1. The van der Waals surface area contributed by atoms with Crippen molar-refractivity contribution in [3.05, 3.63) is 65.7 Å². The molecule has 2 aromatic rings. The van der Waals surface area contributed by atoms with Crippen molar-refractivity contribution in [1.29, 1.82) is 0 Å². The van der Waals surface area contributed by atoms with Crippen molar-refractivity contribution < 1.29 is 0 Å². The van der Waals surface area contributed by atoms with E-state index < -0.39 is 0 Å². The third-order valence-corrected chi connectivity index (χ3v) is 4.45. The zero-order valence-electron chi connectivity index (χ0n) is 12.9. The summed E-state index contributed by atoms with van der Waals surface area (Å²) in [6, 6.07) is 20.5. The van der Waals surface area contributed by atoms with E-state index in [1.54, 1.807) is 0 Å². The van der Waals surface area contributed by atoms with Gasteiger partial charge < -0.3 is 10.2 Å². The molecule has 1 N–H and O–H groups in total. The molecule has 1 aliphatic rings. The fraction of sp³-hybridized carbons (Fsp3) is 0.368. The second kappa shape index (κ2) is 6.31. The maximum atomic E-state index is 3.68. The molecular formula is C19H24N2. The Labute approximate surface area is 127 Å². The Bertz CT molecular complexity index is 579. The third kappa shape index (κ3) is 2.96. The molecule has 2 heteroatoms. The fourth-order valence-corrected chi connectivity index (χ4v) is 3.20. The molecule has 2 aromatic carbocycles. The summed E-state index contributed by atoms with van der Waals surface area (Å²) >= 11 is 0. The van der Waals surface area contributed by atoms with Crippen molar-refractivity contribution in [1.82, 2.24) is 5.32 Å². The quantitative estimate of drug-likeness (QED) is 0.920. The molecule has 0 aliphatic carbocycles. The van der Waals surface area contributed by atoms with Gasteiger partial charge in [0.1, 0.15) is 0 Å². The molecule has 1 fully saturated rings. The molecule has 2 atom stereocenters. The maximum Gasteiger partial charge on any atom is 0.0499 e.